The number of benzene rings is 2. The van der Waals surface area contributed by atoms with Gasteiger partial charge in [0.1, 0.15) is 17.3 Å². The number of nitrogens with one attached hydrogen (secondary N) is 1. The lowest BCUT2D eigenvalue weighted by Crippen LogP contribution is -2.24. The van der Waals surface area contributed by atoms with Crippen LogP contribution in [0.15, 0.2) is 70.2 Å². The molecule has 1 N–H and O–H groups in total. The maximum Gasteiger partial charge on any atom is 0.338 e. The van der Waals surface area contributed by atoms with E-state index in [-0.39, 0.29) is 18.5 Å². The first-order chi connectivity index (χ1) is 14.6. The van der Waals surface area contributed by atoms with E-state index in [1.807, 2.05) is 25.1 Å². The van der Waals surface area contributed by atoms with E-state index in [0.717, 1.165) is 11.1 Å². The third-order valence-corrected chi connectivity index (χ3v) is 4.14. The number of ether oxygens (including phenoxy) is 2. The van der Waals surface area contributed by atoms with Crippen LogP contribution < -0.4 is 10.2 Å². The van der Waals surface area contributed by atoms with Crippen molar-refractivity contribution in [3.05, 3.63) is 77.6 Å². The minimum absolute atomic E-state index is 0.140. The summed E-state index contributed by atoms with van der Waals surface area (Å²) in [6.45, 7) is 3.86. The first-order valence-corrected chi connectivity index (χ1v) is 9.44. The maximum absolute atomic E-state index is 11.9. The molecule has 0 spiro atoms. The van der Waals surface area contributed by atoms with Crippen molar-refractivity contribution in [2.45, 2.75) is 13.8 Å². The highest BCUT2D eigenvalue weighted by Crippen LogP contribution is 2.22. The van der Waals surface area contributed by atoms with Gasteiger partial charge in [-0.25, -0.2) is 10.2 Å². The summed E-state index contributed by atoms with van der Waals surface area (Å²) in [6, 6.07) is 17.9. The molecule has 1 aromatic heterocycles. The van der Waals surface area contributed by atoms with Gasteiger partial charge in [0.2, 0.25) is 0 Å². The van der Waals surface area contributed by atoms with E-state index in [1.54, 1.807) is 49.4 Å². The Bertz CT molecular complexity index is 1040. The van der Waals surface area contributed by atoms with E-state index < -0.39 is 0 Å². The average molecular weight is 406 g/mol. The van der Waals surface area contributed by atoms with Gasteiger partial charge in [-0.3, -0.25) is 4.79 Å². The van der Waals surface area contributed by atoms with Crippen molar-refractivity contribution < 1.29 is 23.5 Å². The second-order valence-corrected chi connectivity index (χ2v) is 6.35. The second kappa shape index (κ2) is 10.1. The fourth-order valence-electron chi connectivity index (χ4n) is 2.62. The Balaban J connectivity index is 1.52. The van der Waals surface area contributed by atoms with Crippen LogP contribution in [-0.4, -0.2) is 31.3 Å². The van der Waals surface area contributed by atoms with Crippen molar-refractivity contribution in [1.82, 2.24) is 5.43 Å². The van der Waals surface area contributed by atoms with Crippen LogP contribution >= 0.6 is 0 Å². The fraction of sp³-hybridized carbons (Fsp3) is 0.174. The number of hydrogen-bond acceptors (Lipinski definition) is 6. The third kappa shape index (κ3) is 5.57. The van der Waals surface area contributed by atoms with Crippen molar-refractivity contribution >= 4 is 18.1 Å². The maximum atomic E-state index is 11.9. The molecule has 30 heavy (non-hydrogen) atoms. The standard InChI is InChI=1S/C23H22N2O5/c1-3-28-23(27)18-10-8-17(9-11-18)21-13-12-19(30-21)14-24-25-22(26)15-29-20-7-5-4-6-16(20)2/h4-14H,3,15H2,1-2H3,(H,25,26)/b24-14+. The number of amides is 1. The summed E-state index contributed by atoms with van der Waals surface area (Å²) >= 11 is 0. The molecule has 1 amide bonds. The van der Waals surface area contributed by atoms with E-state index in [9.17, 15) is 9.59 Å². The second-order valence-electron chi connectivity index (χ2n) is 6.35. The zero-order valence-electron chi connectivity index (χ0n) is 16.8. The highest BCUT2D eigenvalue weighted by Gasteiger charge is 2.08. The molecule has 0 aliphatic carbocycles. The molecule has 1 heterocycles. The number of carbonyl (C=O) groups excluding carboxylic acids is 2. The summed E-state index contributed by atoms with van der Waals surface area (Å²) in [5, 5.41) is 3.88. The van der Waals surface area contributed by atoms with Crippen molar-refractivity contribution in [3.8, 4) is 17.1 Å². The van der Waals surface area contributed by atoms with Crippen LogP contribution in [0, 0.1) is 6.92 Å². The van der Waals surface area contributed by atoms with Crippen LogP contribution in [0.2, 0.25) is 0 Å². The molecule has 0 radical (unpaired) electrons. The summed E-state index contributed by atoms with van der Waals surface area (Å²) < 4.78 is 16.1. The largest absolute Gasteiger partial charge is 0.483 e. The first kappa shape index (κ1) is 20.9. The number of hydrazone groups is 1. The van der Waals surface area contributed by atoms with Gasteiger partial charge >= 0.3 is 5.97 Å². The number of hydrogen-bond donors (Lipinski definition) is 1. The first-order valence-electron chi connectivity index (χ1n) is 9.44. The quantitative estimate of drug-likeness (QED) is 0.347. The molecule has 3 rings (SSSR count). The van der Waals surface area contributed by atoms with Gasteiger partial charge in [-0.05, 0) is 49.7 Å². The van der Waals surface area contributed by atoms with E-state index in [4.69, 9.17) is 13.9 Å². The molecule has 7 heteroatoms. The predicted octanol–water partition coefficient (Wildman–Crippen LogP) is 3.96. The van der Waals surface area contributed by atoms with Gasteiger partial charge in [0.05, 0.1) is 18.4 Å². The fourth-order valence-corrected chi connectivity index (χ4v) is 2.62. The average Bonchev–Trinajstić information content (AvgIpc) is 3.22. The van der Waals surface area contributed by atoms with Crippen LogP contribution in [0.4, 0.5) is 0 Å². The van der Waals surface area contributed by atoms with Gasteiger partial charge in [0, 0.05) is 5.56 Å². The Morgan fingerprint density at radius 1 is 1.07 bits per heavy atom. The molecule has 0 aliphatic rings. The van der Waals surface area contributed by atoms with Crippen LogP contribution in [0.3, 0.4) is 0 Å². The Morgan fingerprint density at radius 3 is 2.57 bits per heavy atom. The molecule has 7 nitrogen and oxygen atoms in total. The normalized spacial score (nSPS) is 10.7. The van der Waals surface area contributed by atoms with Gasteiger partial charge in [-0.2, -0.15) is 5.10 Å². The summed E-state index contributed by atoms with van der Waals surface area (Å²) in [4.78, 5) is 23.6. The summed E-state index contributed by atoms with van der Waals surface area (Å²) in [7, 11) is 0. The van der Waals surface area contributed by atoms with Gasteiger partial charge in [-0.1, -0.05) is 30.3 Å². The van der Waals surface area contributed by atoms with Crippen molar-refractivity contribution in [2.75, 3.05) is 13.2 Å². The van der Waals surface area contributed by atoms with Gasteiger partial charge in [-0.15, -0.1) is 0 Å². The number of carbonyl (C=O) groups is 2. The van der Waals surface area contributed by atoms with Gasteiger partial charge < -0.3 is 13.9 Å². The summed E-state index contributed by atoms with van der Waals surface area (Å²) in [5.74, 6) is 0.997. The molecule has 154 valence electrons. The van der Waals surface area contributed by atoms with Crippen molar-refractivity contribution in [3.63, 3.8) is 0 Å². The lowest BCUT2D eigenvalue weighted by atomic mass is 10.1. The van der Waals surface area contributed by atoms with Crippen LogP contribution in [0.25, 0.3) is 11.3 Å². The van der Waals surface area contributed by atoms with Crippen molar-refractivity contribution in [1.29, 1.82) is 0 Å². The monoisotopic (exact) mass is 406 g/mol. The Morgan fingerprint density at radius 2 is 1.83 bits per heavy atom. The Labute approximate surface area is 174 Å². The zero-order chi connectivity index (χ0) is 21.3. The van der Waals surface area contributed by atoms with E-state index >= 15 is 0 Å². The summed E-state index contributed by atoms with van der Waals surface area (Å²) in [5.41, 5.74) is 4.63. The lowest BCUT2D eigenvalue weighted by Gasteiger charge is -2.07. The number of para-hydroxylation sites is 1. The molecule has 0 fully saturated rings. The molecular weight excluding hydrogens is 384 g/mol. The topological polar surface area (TPSA) is 90.1 Å². The van der Waals surface area contributed by atoms with E-state index in [2.05, 4.69) is 10.5 Å². The highest BCUT2D eigenvalue weighted by atomic mass is 16.5. The SMILES string of the molecule is CCOC(=O)c1ccc(-c2ccc(/C=N/NC(=O)COc3ccccc3C)o2)cc1. The van der Waals surface area contributed by atoms with Gasteiger partial charge in [0.25, 0.3) is 5.91 Å². The Kier molecular flexibility index (Phi) is 7.00. The molecule has 2 aromatic carbocycles. The van der Waals surface area contributed by atoms with Gasteiger partial charge in [0.15, 0.2) is 6.61 Å². The predicted molar refractivity (Wildman–Crippen MR) is 113 cm³/mol. The van der Waals surface area contributed by atoms with E-state index in [1.165, 1.54) is 6.21 Å². The number of rotatable bonds is 8. The lowest BCUT2D eigenvalue weighted by molar-refractivity contribution is -0.123. The molecule has 0 atom stereocenters. The minimum Gasteiger partial charge on any atom is -0.483 e. The molecule has 0 unspecified atom stereocenters. The smallest absolute Gasteiger partial charge is 0.338 e. The molecule has 0 saturated carbocycles. The number of nitrogens with zero attached hydrogens (tertiary/aromatic N) is 1. The third-order valence-electron chi connectivity index (χ3n) is 4.14. The molecular formula is C23H22N2O5. The Hall–Kier alpha value is -3.87. The van der Waals surface area contributed by atoms with E-state index in [0.29, 0.717) is 29.4 Å². The molecule has 0 bridgehead atoms. The zero-order valence-corrected chi connectivity index (χ0v) is 16.8. The number of furan rings is 1. The number of esters is 1. The molecule has 3 aromatic rings. The number of aryl methyl sites for hydroxylation is 1. The minimum atomic E-state index is -0.379. The summed E-state index contributed by atoms with van der Waals surface area (Å²) in [6.07, 6.45) is 1.40. The van der Waals surface area contributed by atoms with Crippen LogP contribution in [0.1, 0.15) is 28.6 Å². The highest BCUT2D eigenvalue weighted by molar-refractivity contribution is 5.90. The molecule has 0 saturated heterocycles. The van der Waals surface area contributed by atoms with Crippen molar-refractivity contribution in [2.24, 2.45) is 5.10 Å². The van der Waals surface area contributed by atoms with Crippen LogP contribution in [-0.2, 0) is 9.53 Å². The molecule has 0 aliphatic heterocycles. The van der Waals surface area contributed by atoms with Crippen LogP contribution in [0.5, 0.6) is 5.75 Å².